The van der Waals surface area contributed by atoms with Crippen LogP contribution in [0.2, 0.25) is 0 Å². The van der Waals surface area contributed by atoms with Gasteiger partial charge in [0.15, 0.2) is 0 Å². The number of rotatable bonds is 5. The summed E-state index contributed by atoms with van der Waals surface area (Å²) in [6.45, 7) is 0.307. The van der Waals surface area contributed by atoms with Crippen LogP contribution in [-0.2, 0) is 23.9 Å². The van der Waals surface area contributed by atoms with Crippen molar-refractivity contribution in [1.29, 1.82) is 0 Å². The summed E-state index contributed by atoms with van der Waals surface area (Å²) < 4.78 is 11.0. The van der Waals surface area contributed by atoms with Crippen LogP contribution in [0.25, 0.3) is 0 Å². The van der Waals surface area contributed by atoms with Gasteiger partial charge in [0.05, 0.1) is 0 Å². The molecule has 0 radical (unpaired) electrons. The van der Waals surface area contributed by atoms with E-state index in [4.69, 9.17) is 9.47 Å². The molecule has 33 heavy (non-hydrogen) atoms. The Kier molecular flexibility index (Phi) is 5.45. The number of β-lactam (4-membered cyclic amide) rings is 2. The zero-order valence-corrected chi connectivity index (χ0v) is 17.7. The van der Waals surface area contributed by atoms with Gasteiger partial charge in [0.25, 0.3) is 11.8 Å². The van der Waals surface area contributed by atoms with E-state index in [9.17, 15) is 19.2 Å². The van der Waals surface area contributed by atoms with Gasteiger partial charge in [-0.05, 0) is 24.0 Å². The summed E-state index contributed by atoms with van der Waals surface area (Å²) >= 11 is 0. The minimum Gasteiger partial charge on any atom is -0.448 e. The largest absolute Gasteiger partial charge is 0.448 e. The third-order valence-electron chi connectivity index (χ3n) is 6.27. The molecule has 2 aromatic carbocycles. The number of hydrogen-bond donors (Lipinski definition) is 2. The van der Waals surface area contributed by atoms with Gasteiger partial charge < -0.3 is 20.1 Å². The van der Waals surface area contributed by atoms with Crippen LogP contribution in [0.4, 0.5) is 4.79 Å². The van der Waals surface area contributed by atoms with Gasteiger partial charge in [0, 0.05) is 6.54 Å². The highest BCUT2D eigenvalue weighted by atomic mass is 16.6. The number of carbonyl (C=O) groups is 4. The minimum atomic E-state index is -0.961. The standard InChI is InChI=1S/C24H23N3O6/c28-21-19(17(25-21)14-8-3-1-4-9-14)32-23(30)16-12-7-13-27(16)24(31)33-20-18(26-22(20)29)15-10-5-2-6-11-15/h1-6,8-11,16-20H,7,12-13H2,(H,25,28)(H,26,29)/t16?,17-,18-,19-,20-/m0/s1. The zero-order chi connectivity index (χ0) is 22.9. The lowest BCUT2D eigenvalue weighted by Crippen LogP contribution is -2.60. The molecule has 9 heteroatoms. The molecule has 0 spiro atoms. The number of nitrogens with one attached hydrogen (secondary N) is 2. The maximum Gasteiger partial charge on any atom is 0.411 e. The van der Waals surface area contributed by atoms with Crippen molar-refractivity contribution in [2.24, 2.45) is 0 Å². The zero-order valence-electron chi connectivity index (χ0n) is 17.7. The van der Waals surface area contributed by atoms with E-state index in [-0.39, 0.29) is 11.8 Å². The third-order valence-corrected chi connectivity index (χ3v) is 6.27. The Morgan fingerprint density at radius 2 is 1.30 bits per heavy atom. The van der Waals surface area contributed by atoms with Gasteiger partial charge in [0.2, 0.25) is 12.2 Å². The second-order valence-corrected chi connectivity index (χ2v) is 8.31. The number of esters is 1. The molecule has 0 aromatic heterocycles. The summed E-state index contributed by atoms with van der Waals surface area (Å²) in [6.07, 6.45) is -1.66. The highest BCUT2D eigenvalue weighted by Crippen LogP contribution is 2.31. The maximum absolute atomic E-state index is 12.9. The summed E-state index contributed by atoms with van der Waals surface area (Å²) in [6, 6.07) is 16.7. The first-order valence-electron chi connectivity index (χ1n) is 10.9. The smallest absolute Gasteiger partial charge is 0.411 e. The Hall–Kier alpha value is -3.88. The van der Waals surface area contributed by atoms with Gasteiger partial charge in [-0.2, -0.15) is 0 Å². The molecule has 170 valence electrons. The van der Waals surface area contributed by atoms with Crippen LogP contribution in [0.3, 0.4) is 0 Å². The van der Waals surface area contributed by atoms with Gasteiger partial charge >= 0.3 is 12.1 Å². The van der Waals surface area contributed by atoms with Crippen LogP contribution in [-0.4, -0.2) is 53.6 Å². The van der Waals surface area contributed by atoms with Gasteiger partial charge in [-0.1, -0.05) is 60.7 Å². The van der Waals surface area contributed by atoms with Crippen LogP contribution in [0.1, 0.15) is 36.1 Å². The summed E-state index contributed by atoms with van der Waals surface area (Å²) in [4.78, 5) is 51.1. The second kappa shape index (κ2) is 8.57. The van der Waals surface area contributed by atoms with Crippen molar-refractivity contribution in [1.82, 2.24) is 15.5 Å². The predicted molar refractivity (Wildman–Crippen MR) is 115 cm³/mol. The minimum absolute atomic E-state index is 0.307. The highest BCUT2D eigenvalue weighted by Gasteiger charge is 2.48. The van der Waals surface area contributed by atoms with Crippen LogP contribution < -0.4 is 10.6 Å². The van der Waals surface area contributed by atoms with E-state index in [1.54, 1.807) is 0 Å². The van der Waals surface area contributed by atoms with Crippen LogP contribution in [0.15, 0.2) is 60.7 Å². The van der Waals surface area contributed by atoms with Crippen LogP contribution >= 0.6 is 0 Å². The molecular formula is C24H23N3O6. The van der Waals surface area contributed by atoms with Crippen molar-refractivity contribution in [2.45, 2.75) is 43.2 Å². The number of benzene rings is 2. The quantitative estimate of drug-likeness (QED) is 0.530. The molecular weight excluding hydrogens is 426 g/mol. The van der Waals surface area contributed by atoms with Crippen molar-refractivity contribution in [3.63, 3.8) is 0 Å². The van der Waals surface area contributed by atoms with Crippen molar-refractivity contribution in [3.05, 3.63) is 71.8 Å². The highest BCUT2D eigenvalue weighted by molar-refractivity contribution is 5.93. The maximum atomic E-state index is 12.9. The average molecular weight is 449 g/mol. The molecule has 3 aliphatic heterocycles. The van der Waals surface area contributed by atoms with Crippen molar-refractivity contribution < 1.29 is 28.7 Å². The van der Waals surface area contributed by atoms with Gasteiger partial charge in [0.1, 0.15) is 18.1 Å². The first-order chi connectivity index (χ1) is 16.0. The molecule has 0 aliphatic carbocycles. The van der Waals surface area contributed by atoms with E-state index >= 15 is 0 Å². The molecule has 0 bridgehead atoms. The van der Waals surface area contributed by atoms with Crippen molar-refractivity contribution >= 4 is 23.9 Å². The van der Waals surface area contributed by atoms with E-state index in [2.05, 4.69) is 10.6 Å². The number of hydrogen-bond acceptors (Lipinski definition) is 6. The third kappa shape index (κ3) is 3.90. The lowest BCUT2D eigenvalue weighted by atomic mass is 9.94. The van der Waals surface area contributed by atoms with Gasteiger partial charge in [-0.25, -0.2) is 9.59 Å². The van der Waals surface area contributed by atoms with Crippen molar-refractivity contribution in [2.75, 3.05) is 6.54 Å². The van der Waals surface area contributed by atoms with E-state index in [0.29, 0.717) is 19.4 Å². The normalized spacial score (nSPS) is 28.1. The fraction of sp³-hybridized carbons (Fsp3) is 0.333. The number of carbonyl (C=O) groups excluding carboxylic acids is 4. The van der Waals surface area contributed by atoms with E-state index in [1.165, 1.54) is 4.90 Å². The Labute approximate surface area is 190 Å². The number of ether oxygens (including phenoxy) is 2. The molecule has 3 saturated heterocycles. The number of nitrogens with zero attached hydrogens (tertiary/aromatic N) is 1. The second-order valence-electron chi connectivity index (χ2n) is 8.31. The van der Waals surface area contributed by atoms with E-state index < -0.39 is 42.4 Å². The van der Waals surface area contributed by atoms with Crippen LogP contribution in [0, 0.1) is 0 Å². The monoisotopic (exact) mass is 449 g/mol. The van der Waals surface area contributed by atoms with Gasteiger partial charge in [-0.15, -0.1) is 0 Å². The summed E-state index contributed by atoms with van der Waals surface area (Å²) in [5.74, 6) is -1.41. The Balaban J connectivity index is 1.22. The summed E-state index contributed by atoms with van der Waals surface area (Å²) in [5, 5.41) is 5.47. The Morgan fingerprint density at radius 1 is 0.788 bits per heavy atom. The molecule has 9 nitrogen and oxygen atoms in total. The Bertz CT molecular complexity index is 991. The fourth-order valence-corrected chi connectivity index (χ4v) is 4.42. The molecule has 0 saturated carbocycles. The lowest BCUT2D eigenvalue weighted by Gasteiger charge is -2.38. The van der Waals surface area contributed by atoms with Crippen LogP contribution in [0.5, 0.6) is 0 Å². The fourth-order valence-electron chi connectivity index (χ4n) is 4.42. The van der Waals surface area contributed by atoms with E-state index in [0.717, 1.165) is 11.1 Å². The molecule has 5 atom stereocenters. The molecule has 1 unspecified atom stereocenters. The number of amides is 3. The van der Waals surface area contributed by atoms with Gasteiger partial charge in [-0.3, -0.25) is 14.5 Å². The molecule has 3 heterocycles. The molecule has 3 aliphatic rings. The topological polar surface area (TPSA) is 114 Å². The SMILES string of the molecule is O=C(O[C@@H]1C(=O)N[C@H]1c1ccccc1)C1CCCN1C(=O)O[C@@H]1C(=O)N[C@H]1c1ccccc1. The summed E-state index contributed by atoms with van der Waals surface area (Å²) in [5.41, 5.74) is 1.66. The summed E-state index contributed by atoms with van der Waals surface area (Å²) in [7, 11) is 0. The first-order valence-corrected chi connectivity index (χ1v) is 10.9. The van der Waals surface area contributed by atoms with Crippen molar-refractivity contribution in [3.8, 4) is 0 Å². The van der Waals surface area contributed by atoms with E-state index in [1.807, 2.05) is 60.7 Å². The lowest BCUT2D eigenvalue weighted by molar-refractivity contribution is -0.169. The predicted octanol–water partition coefficient (Wildman–Crippen LogP) is 1.61. The Morgan fingerprint density at radius 3 is 1.82 bits per heavy atom. The molecule has 5 rings (SSSR count). The number of likely N-dealkylation sites (tertiary alicyclic amines) is 1. The molecule has 2 aromatic rings. The molecule has 2 N–H and O–H groups in total. The first kappa shape index (κ1) is 21.0. The molecule has 3 fully saturated rings. The average Bonchev–Trinajstić information content (AvgIpc) is 3.34. The molecule has 3 amide bonds.